The van der Waals surface area contributed by atoms with E-state index in [1.807, 2.05) is 103 Å². The summed E-state index contributed by atoms with van der Waals surface area (Å²) >= 11 is 0. The van der Waals surface area contributed by atoms with E-state index < -0.39 is 6.04 Å². The molecule has 0 spiro atoms. The molecule has 2 nitrogen and oxygen atoms in total. The van der Waals surface area contributed by atoms with Crippen LogP contribution >= 0.6 is 0 Å². The molecule has 0 aliphatic heterocycles. The lowest BCUT2D eigenvalue weighted by molar-refractivity contribution is 0.928. The third-order valence-corrected chi connectivity index (χ3v) is 3.81. The number of rotatable bonds is 5. The number of hydrogen-bond acceptors (Lipinski definition) is 2. The van der Waals surface area contributed by atoms with Crippen molar-refractivity contribution in [3.8, 4) is 6.07 Å². The lowest BCUT2D eigenvalue weighted by Gasteiger charge is -2.08. The summed E-state index contributed by atoms with van der Waals surface area (Å²) < 4.78 is 0. The Bertz CT molecular complexity index is 889. The van der Waals surface area contributed by atoms with Crippen molar-refractivity contribution in [2.75, 3.05) is 0 Å². The minimum absolute atomic E-state index is 0.531. The number of nitriles is 1. The van der Waals surface area contributed by atoms with Crippen LogP contribution in [0.5, 0.6) is 0 Å². The Morgan fingerprint density at radius 3 is 1.96 bits per heavy atom. The van der Waals surface area contributed by atoms with E-state index in [9.17, 15) is 5.26 Å². The lowest BCUT2D eigenvalue weighted by Crippen LogP contribution is -2.01. The molecule has 0 N–H and O–H groups in total. The number of nitrogens with zero attached hydrogens (tertiary/aromatic N) is 2. The molecule has 0 amide bonds. The minimum atomic E-state index is -0.531. The van der Waals surface area contributed by atoms with E-state index >= 15 is 0 Å². The molecule has 3 rings (SSSR count). The van der Waals surface area contributed by atoms with Gasteiger partial charge in [0.25, 0.3) is 0 Å². The fourth-order valence-corrected chi connectivity index (χ4v) is 2.51. The SMILES string of the molecule is N#CC(N=C(/C=C/c1ccccc1)c1ccccc1)c1ccccc1. The summed E-state index contributed by atoms with van der Waals surface area (Å²) in [6, 6.07) is 31.4. The van der Waals surface area contributed by atoms with Crippen LogP contribution in [-0.2, 0) is 0 Å². The summed E-state index contributed by atoms with van der Waals surface area (Å²) in [5.74, 6) is 0. The highest BCUT2D eigenvalue weighted by Gasteiger charge is 2.10. The van der Waals surface area contributed by atoms with E-state index in [1.165, 1.54) is 0 Å². The molecule has 2 heteroatoms. The van der Waals surface area contributed by atoms with E-state index in [2.05, 4.69) is 6.07 Å². The Morgan fingerprint density at radius 1 is 0.800 bits per heavy atom. The van der Waals surface area contributed by atoms with Crippen molar-refractivity contribution in [1.82, 2.24) is 0 Å². The van der Waals surface area contributed by atoms with Gasteiger partial charge in [0, 0.05) is 0 Å². The summed E-state index contributed by atoms with van der Waals surface area (Å²) in [5, 5.41) is 9.58. The Hall–Kier alpha value is -3.44. The average molecular weight is 322 g/mol. The van der Waals surface area contributed by atoms with Crippen molar-refractivity contribution in [2.24, 2.45) is 4.99 Å². The normalized spacial score (nSPS) is 12.7. The molecule has 0 bridgehead atoms. The van der Waals surface area contributed by atoms with Gasteiger partial charge in [0.05, 0.1) is 11.8 Å². The van der Waals surface area contributed by atoms with E-state index in [0.717, 1.165) is 22.4 Å². The molecule has 3 aromatic rings. The summed E-state index contributed by atoms with van der Waals surface area (Å²) in [6.45, 7) is 0. The number of benzene rings is 3. The number of allylic oxidation sites excluding steroid dienone is 1. The molecular formula is C23H18N2. The molecule has 0 aliphatic carbocycles. The van der Waals surface area contributed by atoms with Crippen molar-refractivity contribution >= 4 is 11.8 Å². The van der Waals surface area contributed by atoms with Crippen LogP contribution in [0.2, 0.25) is 0 Å². The van der Waals surface area contributed by atoms with Crippen LogP contribution in [0.15, 0.2) is 102 Å². The minimum Gasteiger partial charge on any atom is -0.261 e. The molecule has 0 heterocycles. The molecule has 0 fully saturated rings. The van der Waals surface area contributed by atoms with Crippen molar-refractivity contribution in [1.29, 1.82) is 5.26 Å². The quantitative estimate of drug-likeness (QED) is 0.575. The van der Waals surface area contributed by atoms with Gasteiger partial charge in [-0.2, -0.15) is 5.26 Å². The van der Waals surface area contributed by atoms with Crippen LogP contribution < -0.4 is 0 Å². The first kappa shape index (κ1) is 16.4. The van der Waals surface area contributed by atoms with Gasteiger partial charge in [0.1, 0.15) is 0 Å². The van der Waals surface area contributed by atoms with Crippen LogP contribution in [0.4, 0.5) is 0 Å². The first-order valence-electron chi connectivity index (χ1n) is 8.18. The van der Waals surface area contributed by atoms with Crippen LogP contribution in [0, 0.1) is 11.3 Å². The second-order valence-corrected chi connectivity index (χ2v) is 5.57. The van der Waals surface area contributed by atoms with Crippen molar-refractivity contribution in [3.63, 3.8) is 0 Å². The van der Waals surface area contributed by atoms with Gasteiger partial charge in [0.2, 0.25) is 0 Å². The Labute approximate surface area is 148 Å². The predicted octanol–water partition coefficient (Wildman–Crippen LogP) is 5.45. The molecule has 120 valence electrons. The summed E-state index contributed by atoms with van der Waals surface area (Å²) in [7, 11) is 0. The second-order valence-electron chi connectivity index (χ2n) is 5.57. The van der Waals surface area contributed by atoms with Gasteiger partial charge in [-0.1, -0.05) is 97.1 Å². The zero-order valence-electron chi connectivity index (χ0n) is 13.8. The van der Waals surface area contributed by atoms with Crippen LogP contribution in [0.25, 0.3) is 6.08 Å². The first-order valence-corrected chi connectivity index (χ1v) is 8.18. The highest BCUT2D eigenvalue weighted by molar-refractivity contribution is 6.10. The molecule has 0 saturated carbocycles. The van der Waals surface area contributed by atoms with Crippen LogP contribution in [0.1, 0.15) is 22.7 Å². The van der Waals surface area contributed by atoms with E-state index in [0.29, 0.717) is 0 Å². The predicted molar refractivity (Wildman–Crippen MR) is 103 cm³/mol. The monoisotopic (exact) mass is 322 g/mol. The maximum atomic E-state index is 9.58. The Morgan fingerprint density at radius 2 is 1.36 bits per heavy atom. The maximum absolute atomic E-state index is 9.58. The number of aliphatic imine (C=N–C) groups is 1. The van der Waals surface area contributed by atoms with E-state index in [4.69, 9.17) is 4.99 Å². The van der Waals surface area contributed by atoms with Crippen LogP contribution in [0.3, 0.4) is 0 Å². The van der Waals surface area contributed by atoms with Gasteiger partial charge >= 0.3 is 0 Å². The maximum Gasteiger partial charge on any atom is 0.162 e. The van der Waals surface area contributed by atoms with Gasteiger partial charge in [-0.05, 0) is 22.8 Å². The van der Waals surface area contributed by atoms with Crippen LogP contribution in [-0.4, -0.2) is 5.71 Å². The van der Waals surface area contributed by atoms with E-state index in [-0.39, 0.29) is 0 Å². The molecule has 1 unspecified atom stereocenters. The second kappa shape index (κ2) is 8.42. The van der Waals surface area contributed by atoms with Gasteiger partial charge in [-0.25, -0.2) is 0 Å². The highest BCUT2D eigenvalue weighted by Crippen LogP contribution is 2.18. The third-order valence-electron chi connectivity index (χ3n) is 3.81. The van der Waals surface area contributed by atoms with Gasteiger partial charge in [-0.15, -0.1) is 0 Å². The zero-order valence-corrected chi connectivity index (χ0v) is 13.8. The fourth-order valence-electron chi connectivity index (χ4n) is 2.51. The van der Waals surface area contributed by atoms with E-state index in [1.54, 1.807) is 0 Å². The van der Waals surface area contributed by atoms with Gasteiger partial charge in [-0.3, -0.25) is 4.99 Å². The first-order chi connectivity index (χ1) is 12.4. The third kappa shape index (κ3) is 4.53. The molecule has 25 heavy (non-hydrogen) atoms. The summed E-state index contributed by atoms with van der Waals surface area (Å²) in [4.78, 5) is 4.72. The van der Waals surface area contributed by atoms with Crippen molar-refractivity contribution < 1.29 is 0 Å². The summed E-state index contributed by atoms with van der Waals surface area (Å²) in [5.41, 5.74) is 3.77. The number of hydrogen-bond donors (Lipinski definition) is 0. The van der Waals surface area contributed by atoms with Crippen molar-refractivity contribution in [2.45, 2.75) is 6.04 Å². The van der Waals surface area contributed by atoms with Gasteiger partial charge in [0.15, 0.2) is 6.04 Å². The molecule has 1 atom stereocenters. The smallest absolute Gasteiger partial charge is 0.162 e. The Kier molecular flexibility index (Phi) is 5.53. The molecule has 0 aliphatic rings. The van der Waals surface area contributed by atoms with Gasteiger partial charge < -0.3 is 0 Å². The largest absolute Gasteiger partial charge is 0.261 e. The highest BCUT2D eigenvalue weighted by atomic mass is 14.8. The average Bonchev–Trinajstić information content (AvgIpc) is 2.70. The van der Waals surface area contributed by atoms with Crippen molar-refractivity contribution in [3.05, 3.63) is 114 Å². The fraction of sp³-hybridized carbons (Fsp3) is 0.0435. The molecule has 0 aromatic heterocycles. The lowest BCUT2D eigenvalue weighted by atomic mass is 10.1. The Balaban J connectivity index is 1.99. The molecule has 0 saturated heterocycles. The molecular weight excluding hydrogens is 304 g/mol. The summed E-state index contributed by atoms with van der Waals surface area (Å²) in [6.07, 6.45) is 3.99. The topological polar surface area (TPSA) is 36.1 Å². The zero-order chi connectivity index (χ0) is 17.3. The molecule has 0 radical (unpaired) electrons. The molecule has 3 aromatic carbocycles. The standard InChI is InChI=1S/C23H18N2/c24-18-23(21-14-8-3-9-15-21)25-22(20-12-6-2-7-13-20)17-16-19-10-4-1-5-11-19/h1-17,23H/b17-16+,25-22?.